The van der Waals surface area contributed by atoms with Crippen molar-refractivity contribution in [2.75, 3.05) is 18.9 Å². The molecule has 4 rings (SSSR count). The first-order chi connectivity index (χ1) is 9.67. The van der Waals surface area contributed by atoms with Crippen LogP contribution in [0, 0.1) is 5.41 Å². The standard InChI is InChI=1S/C14H13BrN2O3/c15-10-3-8(9-5-17-20-13(9)16)4-11-12(10)19-7-14(1-2-14)6-18-11/h3-5H,1-2,6-7,16H2. The maximum atomic E-state index is 5.94. The van der Waals surface area contributed by atoms with E-state index in [4.69, 9.17) is 19.7 Å². The number of rotatable bonds is 1. The molecule has 0 saturated heterocycles. The fourth-order valence-electron chi connectivity index (χ4n) is 2.40. The van der Waals surface area contributed by atoms with Gasteiger partial charge in [-0.3, -0.25) is 0 Å². The Bertz CT molecular complexity index is 679. The van der Waals surface area contributed by atoms with Crippen LogP contribution in [0.3, 0.4) is 0 Å². The summed E-state index contributed by atoms with van der Waals surface area (Å²) in [6.07, 6.45) is 3.94. The smallest absolute Gasteiger partial charge is 0.229 e. The van der Waals surface area contributed by atoms with Crippen molar-refractivity contribution < 1.29 is 14.0 Å². The number of nitrogen functional groups attached to an aromatic ring is 1. The minimum atomic E-state index is 0.217. The molecule has 1 aliphatic carbocycles. The van der Waals surface area contributed by atoms with Gasteiger partial charge in [0.05, 0.1) is 29.4 Å². The number of fused-ring (bicyclic) bond motifs is 1. The summed E-state index contributed by atoms with van der Waals surface area (Å²) in [6.45, 7) is 1.42. The lowest BCUT2D eigenvalue weighted by Crippen LogP contribution is -2.17. The second-order valence-corrected chi connectivity index (χ2v) is 6.32. The number of benzene rings is 1. The van der Waals surface area contributed by atoms with Crippen LogP contribution in [0.5, 0.6) is 11.5 Å². The van der Waals surface area contributed by atoms with Gasteiger partial charge in [-0.2, -0.15) is 0 Å². The van der Waals surface area contributed by atoms with Crippen LogP contribution in [0.15, 0.2) is 27.3 Å². The van der Waals surface area contributed by atoms with Crippen LogP contribution in [-0.4, -0.2) is 18.4 Å². The molecule has 1 saturated carbocycles. The van der Waals surface area contributed by atoms with Gasteiger partial charge in [-0.15, -0.1) is 0 Å². The average Bonchev–Trinajstić information content (AvgIpc) is 3.12. The molecular formula is C14H13BrN2O3. The fourth-order valence-corrected chi connectivity index (χ4v) is 2.96. The highest BCUT2D eigenvalue weighted by Crippen LogP contribution is 2.51. The Hall–Kier alpha value is -1.69. The molecular weight excluding hydrogens is 324 g/mol. The zero-order valence-electron chi connectivity index (χ0n) is 10.7. The number of nitrogens with two attached hydrogens (primary N) is 1. The van der Waals surface area contributed by atoms with Gasteiger partial charge in [-0.1, -0.05) is 5.16 Å². The lowest BCUT2D eigenvalue weighted by molar-refractivity contribution is 0.196. The summed E-state index contributed by atoms with van der Waals surface area (Å²) in [5, 5.41) is 3.70. The molecule has 0 amide bonds. The molecule has 2 aromatic rings. The molecule has 6 heteroatoms. The Morgan fingerprint density at radius 3 is 2.70 bits per heavy atom. The van der Waals surface area contributed by atoms with E-state index in [9.17, 15) is 0 Å². The molecule has 0 bridgehead atoms. The van der Waals surface area contributed by atoms with Gasteiger partial charge in [0.1, 0.15) is 0 Å². The molecule has 1 aromatic carbocycles. The quantitative estimate of drug-likeness (QED) is 0.865. The number of nitrogens with zero attached hydrogens (tertiary/aromatic N) is 1. The van der Waals surface area contributed by atoms with Crippen molar-refractivity contribution in [2.45, 2.75) is 12.8 Å². The molecule has 0 atom stereocenters. The average molecular weight is 337 g/mol. The van der Waals surface area contributed by atoms with Gasteiger partial charge < -0.3 is 19.7 Å². The van der Waals surface area contributed by atoms with Gasteiger partial charge in [-0.05, 0) is 46.5 Å². The molecule has 2 aliphatic rings. The van der Waals surface area contributed by atoms with Crippen LogP contribution < -0.4 is 15.2 Å². The van der Waals surface area contributed by atoms with E-state index in [1.54, 1.807) is 6.20 Å². The molecule has 1 aliphatic heterocycles. The van der Waals surface area contributed by atoms with Crippen molar-refractivity contribution in [1.29, 1.82) is 0 Å². The fraction of sp³-hybridized carbons (Fsp3) is 0.357. The second-order valence-electron chi connectivity index (χ2n) is 5.47. The van der Waals surface area contributed by atoms with Crippen molar-refractivity contribution in [3.8, 4) is 22.6 Å². The molecule has 1 aromatic heterocycles. The first kappa shape index (κ1) is 12.1. The van der Waals surface area contributed by atoms with Gasteiger partial charge in [0.2, 0.25) is 5.88 Å². The zero-order valence-corrected chi connectivity index (χ0v) is 12.3. The van der Waals surface area contributed by atoms with E-state index in [-0.39, 0.29) is 5.41 Å². The van der Waals surface area contributed by atoms with E-state index in [1.807, 2.05) is 12.1 Å². The molecule has 2 heterocycles. The number of hydrogen-bond donors (Lipinski definition) is 1. The molecule has 0 unspecified atom stereocenters. The molecule has 0 radical (unpaired) electrons. The van der Waals surface area contributed by atoms with Crippen LogP contribution in [0.1, 0.15) is 12.8 Å². The Balaban J connectivity index is 1.77. The van der Waals surface area contributed by atoms with Gasteiger partial charge >= 0.3 is 0 Å². The van der Waals surface area contributed by atoms with E-state index in [1.165, 1.54) is 12.8 Å². The highest BCUT2D eigenvalue weighted by atomic mass is 79.9. The summed E-state index contributed by atoms with van der Waals surface area (Å²) in [7, 11) is 0. The Kier molecular flexibility index (Phi) is 2.51. The van der Waals surface area contributed by atoms with Crippen molar-refractivity contribution in [3.63, 3.8) is 0 Å². The minimum Gasteiger partial charge on any atom is -0.489 e. The van der Waals surface area contributed by atoms with Crippen LogP contribution >= 0.6 is 15.9 Å². The van der Waals surface area contributed by atoms with Crippen molar-refractivity contribution >= 4 is 21.8 Å². The third-order valence-electron chi connectivity index (χ3n) is 3.93. The predicted octanol–water partition coefficient (Wildman–Crippen LogP) is 3.24. The van der Waals surface area contributed by atoms with Crippen LogP contribution in [0.2, 0.25) is 0 Å². The summed E-state index contributed by atoms with van der Waals surface area (Å²) in [5.74, 6) is 1.79. The number of anilines is 1. The van der Waals surface area contributed by atoms with E-state index >= 15 is 0 Å². The van der Waals surface area contributed by atoms with Crippen LogP contribution in [0.4, 0.5) is 5.88 Å². The highest BCUT2D eigenvalue weighted by molar-refractivity contribution is 9.10. The summed E-state index contributed by atoms with van der Waals surface area (Å²) < 4.78 is 17.6. The molecule has 1 spiro atoms. The normalized spacial score (nSPS) is 18.9. The lowest BCUT2D eigenvalue weighted by atomic mass is 10.1. The molecule has 104 valence electrons. The number of ether oxygens (including phenoxy) is 2. The van der Waals surface area contributed by atoms with E-state index in [0.717, 1.165) is 27.1 Å². The molecule has 1 fully saturated rings. The van der Waals surface area contributed by atoms with Crippen molar-refractivity contribution in [2.24, 2.45) is 5.41 Å². The third-order valence-corrected chi connectivity index (χ3v) is 4.52. The Morgan fingerprint density at radius 2 is 2.00 bits per heavy atom. The monoisotopic (exact) mass is 336 g/mol. The maximum Gasteiger partial charge on any atom is 0.229 e. The number of halogens is 1. The van der Waals surface area contributed by atoms with E-state index in [0.29, 0.717) is 19.1 Å². The summed E-state index contributed by atoms with van der Waals surface area (Å²) >= 11 is 3.54. The van der Waals surface area contributed by atoms with E-state index < -0.39 is 0 Å². The second kappa shape index (κ2) is 4.15. The topological polar surface area (TPSA) is 70.5 Å². The van der Waals surface area contributed by atoms with Crippen LogP contribution in [-0.2, 0) is 0 Å². The molecule has 5 nitrogen and oxygen atoms in total. The number of hydrogen-bond acceptors (Lipinski definition) is 5. The van der Waals surface area contributed by atoms with Crippen LogP contribution in [0.25, 0.3) is 11.1 Å². The minimum absolute atomic E-state index is 0.217. The van der Waals surface area contributed by atoms with Gasteiger partial charge in [0.25, 0.3) is 0 Å². The summed E-state index contributed by atoms with van der Waals surface area (Å²) in [4.78, 5) is 0. The number of aromatic nitrogens is 1. The largest absolute Gasteiger partial charge is 0.489 e. The van der Waals surface area contributed by atoms with E-state index in [2.05, 4.69) is 21.1 Å². The van der Waals surface area contributed by atoms with Gasteiger partial charge in [0, 0.05) is 5.41 Å². The molecule has 2 N–H and O–H groups in total. The molecule has 20 heavy (non-hydrogen) atoms. The summed E-state index contributed by atoms with van der Waals surface area (Å²) in [5.41, 5.74) is 7.63. The first-order valence-corrected chi connectivity index (χ1v) is 7.26. The zero-order chi connectivity index (χ0) is 13.7. The Labute approximate surface area is 124 Å². The van der Waals surface area contributed by atoms with Crippen molar-refractivity contribution in [1.82, 2.24) is 5.16 Å². The first-order valence-electron chi connectivity index (χ1n) is 6.47. The SMILES string of the molecule is Nc1oncc1-c1cc(Br)c2c(c1)OCC1(CC1)CO2. The summed E-state index contributed by atoms with van der Waals surface area (Å²) in [6, 6.07) is 3.86. The maximum absolute atomic E-state index is 5.94. The Morgan fingerprint density at radius 1 is 1.20 bits per heavy atom. The predicted molar refractivity (Wildman–Crippen MR) is 76.7 cm³/mol. The van der Waals surface area contributed by atoms with Crippen molar-refractivity contribution in [3.05, 3.63) is 22.8 Å². The third kappa shape index (κ3) is 1.86. The van der Waals surface area contributed by atoms with Gasteiger partial charge in [-0.25, -0.2) is 0 Å². The lowest BCUT2D eigenvalue weighted by Gasteiger charge is -2.11. The highest BCUT2D eigenvalue weighted by Gasteiger charge is 2.46. The van der Waals surface area contributed by atoms with Gasteiger partial charge in [0.15, 0.2) is 11.5 Å².